The molecule has 0 unspecified atom stereocenters. The van der Waals surface area contributed by atoms with Crippen molar-refractivity contribution in [1.82, 2.24) is 10.3 Å². The number of hydrogen-bond donors (Lipinski definition) is 1. The lowest BCUT2D eigenvalue weighted by atomic mass is 10.1. The zero-order valence-corrected chi connectivity index (χ0v) is 15.3. The van der Waals surface area contributed by atoms with E-state index >= 15 is 0 Å². The third-order valence-corrected chi connectivity index (χ3v) is 4.28. The smallest absolute Gasteiger partial charge is 0.258 e. The van der Waals surface area contributed by atoms with Gasteiger partial charge in [-0.05, 0) is 76.0 Å². The summed E-state index contributed by atoms with van der Waals surface area (Å²) in [7, 11) is 0. The number of aromatic nitrogens is 2. The predicted molar refractivity (Wildman–Crippen MR) is 97.7 cm³/mol. The summed E-state index contributed by atoms with van der Waals surface area (Å²) in [4.78, 5) is 12.5. The van der Waals surface area contributed by atoms with E-state index in [2.05, 4.69) is 31.6 Å². The van der Waals surface area contributed by atoms with E-state index in [4.69, 9.17) is 9.37 Å². The molecule has 7 heteroatoms. The van der Waals surface area contributed by atoms with Crippen molar-refractivity contribution in [2.45, 2.75) is 13.8 Å². The Morgan fingerprint density at radius 2 is 2.04 bits per heavy atom. The minimum Gasteiger partial charge on any atom is -0.494 e. The van der Waals surface area contributed by atoms with E-state index in [-0.39, 0.29) is 11.7 Å². The highest BCUT2D eigenvalue weighted by Crippen LogP contribution is 2.29. The SMILES string of the molecule is CCOc1ccc(-c2nonc2NC(=O)c2ccccc2Br)cc1C. The number of ether oxygens (including phenoxy) is 1. The van der Waals surface area contributed by atoms with Crippen molar-refractivity contribution in [3.63, 3.8) is 0 Å². The molecule has 1 amide bonds. The van der Waals surface area contributed by atoms with E-state index < -0.39 is 0 Å². The minimum absolute atomic E-state index is 0.268. The summed E-state index contributed by atoms with van der Waals surface area (Å²) in [5.41, 5.74) is 2.71. The van der Waals surface area contributed by atoms with Gasteiger partial charge in [-0.3, -0.25) is 4.79 Å². The Hall–Kier alpha value is -2.67. The highest BCUT2D eigenvalue weighted by Gasteiger charge is 2.18. The molecular formula is C18H16BrN3O3. The number of carbonyl (C=O) groups is 1. The summed E-state index contributed by atoms with van der Waals surface area (Å²) in [5, 5.41) is 10.5. The number of halogens is 1. The van der Waals surface area contributed by atoms with Gasteiger partial charge in [-0.2, -0.15) is 0 Å². The summed E-state index contributed by atoms with van der Waals surface area (Å²) in [6.07, 6.45) is 0. The first kappa shape index (κ1) is 17.2. The van der Waals surface area contributed by atoms with Crippen molar-refractivity contribution in [2.24, 2.45) is 0 Å². The van der Waals surface area contributed by atoms with Gasteiger partial charge in [0.25, 0.3) is 5.91 Å². The van der Waals surface area contributed by atoms with Gasteiger partial charge in [-0.1, -0.05) is 12.1 Å². The fourth-order valence-electron chi connectivity index (χ4n) is 2.39. The van der Waals surface area contributed by atoms with Gasteiger partial charge >= 0.3 is 0 Å². The summed E-state index contributed by atoms with van der Waals surface area (Å²) in [6, 6.07) is 12.8. The van der Waals surface area contributed by atoms with Crippen LogP contribution in [0.4, 0.5) is 5.82 Å². The fourth-order valence-corrected chi connectivity index (χ4v) is 2.86. The molecule has 2 aromatic carbocycles. The molecule has 0 aliphatic carbocycles. The van der Waals surface area contributed by atoms with Crippen molar-refractivity contribution >= 4 is 27.7 Å². The number of benzene rings is 2. The second-order valence-corrected chi connectivity index (χ2v) is 6.16. The molecule has 0 saturated heterocycles. The van der Waals surface area contributed by atoms with Gasteiger partial charge in [0, 0.05) is 10.0 Å². The molecule has 3 rings (SSSR count). The fraction of sp³-hybridized carbons (Fsp3) is 0.167. The Bertz CT molecular complexity index is 908. The van der Waals surface area contributed by atoms with E-state index in [9.17, 15) is 4.79 Å². The van der Waals surface area contributed by atoms with Crippen LogP contribution in [-0.2, 0) is 0 Å². The van der Waals surface area contributed by atoms with Gasteiger partial charge < -0.3 is 10.1 Å². The number of nitrogens with zero attached hydrogens (tertiary/aromatic N) is 2. The molecule has 1 N–H and O–H groups in total. The lowest BCUT2D eigenvalue weighted by molar-refractivity contribution is 0.102. The zero-order chi connectivity index (χ0) is 17.8. The topological polar surface area (TPSA) is 77.2 Å². The summed E-state index contributed by atoms with van der Waals surface area (Å²) in [5.74, 6) is 0.776. The van der Waals surface area contributed by atoms with E-state index in [1.54, 1.807) is 18.2 Å². The van der Waals surface area contributed by atoms with Gasteiger partial charge in [-0.15, -0.1) is 0 Å². The van der Waals surface area contributed by atoms with E-state index in [1.807, 2.05) is 38.1 Å². The van der Waals surface area contributed by atoms with Crippen LogP contribution in [-0.4, -0.2) is 22.8 Å². The Morgan fingerprint density at radius 1 is 1.24 bits per heavy atom. The first-order valence-electron chi connectivity index (χ1n) is 7.72. The van der Waals surface area contributed by atoms with E-state index in [0.717, 1.165) is 16.9 Å². The first-order chi connectivity index (χ1) is 12.1. The monoisotopic (exact) mass is 401 g/mol. The van der Waals surface area contributed by atoms with Crippen LogP contribution in [0.3, 0.4) is 0 Å². The molecule has 25 heavy (non-hydrogen) atoms. The Balaban J connectivity index is 1.87. The van der Waals surface area contributed by atoms with Crippen LogP contribution in [0.5, 0.6) is 5.75 Å². The van der Waals surface area contributed by atoms with Gasteiger partial charge in [0.2, 0.25) is 5.82 Å². The molecule has 0 radical (unpaired) electrons. The molecule has 0 saturated carbocycles. The molecule has 0 aliphatic rings. The van der Waals surface area contributed by atoms with Crippen LogP contribution in [0.25, 0.3) is 11.3 Å². The number of rotatable bonds is 5. The maximum atomic E-state index is 12.5. The maximum Gasteiger partial charge on any atom is 0.258 e. The molecule has 0 atom stereocenters. The number of aryl methyl sites for hydroxylation is 1. The van der Waals surface area contributed by atoms with Crippen molar-refractivity contribution in [3.05, 3.63) is 58.1 Å². The number of nitrogens with one attached hydrogen (secondary N) is 1. The molecule has 0 aliphatic heterocycles. The van der Waals surface area contributed by atoms with Crippen molar-refractivity contribution in [3.8, 4) is 17.0 Å². The Labute approximate surface area is 153 Å². The maximum absolute atomic E-state index is 12.5. The second-order valence-electron chi connectivity index (χ2n) is 5.31. The molecular weight excluding hydrogens is 386 g/mol. The number of carbonyl (C=O) groups excluding carboxylic acids is 1. The quantitative estimate of drug-likeness (QED) is 0.682. The standard InChI is InChI=1S/C18H16BrN3O3/c1-3-24-15-9-8-12(10-11(15)2)16-17(22-25-21-16)20-18(23)13-6-4-5-7-14(13)19/h4-10H,3H2,1-2H3,(H,20,22,23). The lowest BCUT2D eigenvalue weighted by Gasteiger charge is -2.09. The van der Waals surface area contributed by atoms with Crippen LogP contribution >= 0.6 is 15.9 Å². The van der Waals surface area contributed by atoms with Crippen molar-refractivity contribution in [2.75, 3.05) is 11.9 Å². The molecule has 1 aromatic heterocycles. The molecule has 1 heterocycles. The number of anilines is 1. The molecule has 0 spiro atoms. The van der Waals surface area contributed by atoms with Crippen LogP contribution in [0.15, 0.2) is 51.6 Å². The summed E-state index contributed by atoms with van der Waals surface area (Å²) < 4.78 is 11.1. The van der Waals surface area contributed by atoms with Crippen molar-refractivity contribution in [1.29, 1.82) is 0 Å². The van der Waals surface area contributed by atoms with Crippen molar-refractivity contribution < 1.29 is 14.2 Å². The van der Waals surface area contributed by atoms with Gasteiger partial charge in [0.1, 0.15) is 5.75 Å². The third-order valence-electron chi connectivity index (χ3n) is 3.59. The Kier molecular flexibility index (Phi) is 5.14. The van der Waals surface area contributed by atoms with Crippen LogP contribution < -0.4 is 10.1 Å². The van der Waals surface area contributed by atoms with Crippen LogP contribution in [0, 0.1) is 6.92 Å². The molecule has 6 nitrogen and oxygen atoms in total. The largest absolute Gasteiger partial charge is 0.494 e. The van der Waals surface area contributed by atoms with E-state index in [1.165, 1.54) is 0 Å². The van der Waals surface area contributed by atoms with Crippen LogP contribution in [0.2, 0.25) is 0 Å². The third kappa shape index (κ3) is 3.71. The van der Waals surface area contributed by atoms with E-state index in [0.29, 0.717) is 22.3 Å². The first-order valence-corrected chi connectivity index (χ1v) is 8.51. The minimum atomic E-state index is -0.299. The summed E-state index contributed by atoms with van der Waals surface area (Å²) >= 11 is 3.36. The highest BCUT2D eigenvalue weighted by atomic mass is 79.9. The average Bonchev–Trinajstić information content (AvgIpc) is 3.05. The lowest BCUT2D eigenvalue weighted by Crippen LogP contribution is -2.13. The molecule has 0 fully saturated rings. The molecule has 128 valence electrons. The Morgan fingerprint density at radius 3 is 2.76 bits per heavy atom. The normalized spacial score (nSPS) is 10.5. The highest BCUT2D eigenvalue weighted by molar-refractivity contribution is 9.10. The van der Waals surface area contributed by atoms with Gasteiger partial charge in [-0.25, -0.2) is 4.63 Å². The summed E-state index contributed by atoms with van der Waals surface area (Å²) in [6.45, 7) is 4.48. The van der Waals surface area contributed by atoms with Gasteiger partial charge in [0.15, 0.2) is 5.69 Å². The number of hydrogen-bond acceptors (Lipinski definition) is 5. The number of amides is 1. The second kappa shape index (κ2) is 7.48. The average molecular weight is 402 g/mol. The van der Waals surface area contributed by atoms with Crippen LogP contribution in [0.1, 0.15) is 22.8 Å². The van der Waals surface area contributed by atoms with Gasteiger partial charge in [0.05, 0.1) is 12.2 Å². The molecule has 3 aromatic rings. The zero-order valence-electron chi connectivity index (χ0n) is 13.7. The molecule has 0 bridgehead atoms. The predicted octanol–water partition coefficient (Wildman–Crippen LogP) is 4.46.